The second kappa shape index (κ2) is 3.11. The summed E-state index contributed by atoms with van der Waals surface area (Å²) in [5.41, 5.74) is 0. The number of nitrogens with one attached hydrogen (secondary N) is 1. The third kappa shape index (κ3) is 1.73. The highest BCUT2D eigenvalue weighted by Gasteiger charge is 2.33. The van der Waals surface area contributed by atoms with Crippen LogP contribution in [0.2, 0.25) is 0 Å². The molecular weight excluding hydrogens is 162 g/mol. The maximum atomic E-state index is 11.3. The summed E-state index contributed by atoms with van der Waals surface area (Å²) in [6, 6.07) is 0. The van der Waals surface area contributed by atoms with Gasteiger partial charge in [-0.25, -0.2) is 13.1 Å². The largest absolute Gasteiger partial charge is 0.218 e. The minimum Gasteiger partial charge on any atom is -0.218 e. The van der Waals surface area contributed by atoms with Gasteiger partial charge in [0.25, 0.3) is 0 Å². The molecule has 1 aliphatic carbocycles. The zero-order valence-corrected chi connectivity index (χ0v) is 7.82. The van der Waals surface area contributed by atoms with Gasteiger partial charge in [-0.15, -0.1) is 0 Å². The number of rotatable bonds is 2. The first-order valence-corrected chi connectivity index (χ1v) is 5.55. The van der Waals surface area contributed by atoms with E-state index in [4.69, 9.17) is 0 Å². The molecule has 0 saturated heterocycles. The van der Waals surface area contributed by atoms with Crippen LogP contribution in [-0.2, 0) is 10.0 Å². The number of hydrogen-bond donors (Lipinski definition) is 1. The van der Waals surface area contributed by atoms with E-state index in [1.165, 1.54) is 7.05 Å². The lowest BCUT2D eigenvalue weighted by molar-refractivity contribution is 0.538. The van der Waals surface area contributed by atoms with Gasteiger partial charge in [-0.3, -0.25) is 0 Å². The summed E-state index contributed by atoms with van der Waals surface area (Å²) in [7, 11) is -1.51. The fraction of sp³-hybridized carbons (Fsp3) is 1.00. The molecule has 1 aliphatic rings. The molecule has 2 unspecified atom stereocenters. The van der Waals surface area contributed by atoms with Crippen LogP contribution in [-0.4, -0.2) is 20.7 Å². The molecule has 3 nitrogen and oxygen atoms in total. The normalized spacial score (nSPS) is 32.5. The highest BCUT2D eigenvalue weighted by Crippen LogP contribution is 2.29. The lowest BCUT2D eigenvalue weighted by atomic mass is 10.1. The Balaban J connectivity index is 2.75. The van der Waals surface area contributed by atoms with E-state index < -0.39 is 10.0 Å². The average Bonchev–Trinajstić information content (AvgIpc) is 2.36. The van der Waals surface area contributed by atoms with Gasteiger partial charge in [0, 0.05) is 0 Å². The van der Waals surface area contributed by atoms with E-state index in [0.717, 1.165) is 19.3 Å². The van der Waals surface area contributed by atoms with Crippen LogP contribution < -0.4 is 4.72 Å². The zero-order valence-electron chi connectivity index (χ0n) is 7.00. The molecule has 4 heteroatoms. The predicted octanol–water partition coefficient (Wildman–Crippen LogP) is 0.724. The molecule has 1 N–H and O–H groups in total. The fourth-order valence-electron chi connectivity index (χ4n) is 1.72. The van der Waals surface area contributed by atoms with Crippen LogP contribution in [0.25, 0.3) is 0 Å². The minimum atomic E-state index is -3.00. The third-order valence-electron chi connectivity index (χ3n) is 2.47. The summed E-state index contributed by atoms with van der Waals surface area (Å²) >= 11 is 0. The van der Waals surface area contributed by atoms with Crippen molar-refractivity contribution < 1.29 is 8.42 Å². The Morgan fingerprint density at radius 3 is 2.36 bits per heavy atom. The van der Waals surface area contributed by atoms with Crippen molar-refractivity contribution in [3.63, 3.8) is 0 Å². The standard InChI is InChI=1S/C7H15NO2S/c1-6-4-3-5-7(6)11(9,10)8-2/h6-8H,3-5H2,1-2H3. The third-order valence-corrected chi connectivity index (χ3v) is 4.53. The predicted molar refractivity (Wildman–Crippen MR) is 44.8 cm³/mol. The highest BCUT2D eigenvalue weighted by atomic mass is 32.2. The van der Waals surface area contributed by atoms with E-state index in [-0.39, 0.29) is 5.25 Å². The topological polar surface area (TPSA) is 46.2 Å². The van der Waals surface area contributed by atoms with E-state index in [0.29, 0.717) is 5.92 Å². The van der Waals surface area contributed by atoms with Gasteiger partial charge in [0.2, 0.25) is 10.0 Å². The summed E-state index contributed by atoms with van der Waals surface area (Å²) in [5.74, 6) is 0.326. The smallest absolute Gasteiger partial charge is 0.214 e. The van der Waals surface area contributed by atoms with E-state index in [2.05, 4.69) is 4.72 Å². The van der Waals surface area contributed by atoms with Gasteiger partial charge in [0.15, 0.2) is 0 Å². The first-order valence-electron chi connectivity index (χ1n) is 4.00. The highest BCUT2D eigenvalue weighted by molar-refractivity contribution is 7.90. The van der Waals surface area contributed by atoms with Crippen molar-refractivity contribution in [3.05, 3.63) is 0 Å². The SMILES string of the molecule is CNS(=O)(=O)C1CCCC1C. The molecule has 0 bridgehead atoms. The van der Waals surface area contributed by atoms with Crippen LogP contribution in [0.1, 0.15) is 26.2 Å². The van der Waals surface area contributed by atoms with Crippen molar-refractivity contribution in [1.29, 1.82) is 0 Å². The maximum Gasteiger partial charge on any atom is 0.214 e. The van der Waals surface area contributed by atoms with Crippen molar-refractivity contribution in [1.82, 2.24) is 4.72 Å². The van der Waals surface area contributed by atoms with Gasteiger partial charge < -0.3 is 0 Å². The van der Waals surface area contributed by atoms with Crippen LogP contribution in [0, 0.1) is 5.92 Å². The molecule has 1 saturated carbocycles. The summed E-state index contributed by atoms with van der Waals surface area (Å²) in [5, 5.41) is -0.146. The Labute approximate surface area is 68.2 Å². The summed E-state index contributed by atoms with van der Waals surface area (Å²) in [6.07, 6.45) is 2.92. The Bertz CT molecular complexity index is 223. The molecule has 0 aromatic carbocycles. The van der Waals surface area contributed by atoms with Crippen molar-refractivity contribution in [3.8, 4) is 0 Å². The molecule has 1 fully saturated rings. The molecule has 0 spiro atoms. The van der Waals surface area contributed by atoms with E-state index in [9.17, 15) is 8.42 Å². The number of hydrogen-bond acceptors (Lipinski definition) is 2. The van der Waals surface area contributed by atoms with E-state index in [1.807, 2.05) is 6.92 Å². The van der Waals surface area contributed by atoms with Gasteiger partial charge in [0.05, 0.1) is 5.25 Å². The molecule has 11 heavy (non-hydrogen) atoms. The van der Waals surface area contributed by atoms with Crippen LogP contribution in [0.3, 0.4) is 0 Å². The lowest BCUT2D eigenvalue weighted by Gasteiger charge is -2.14. The molecular formula is C7H15NO2S. The summed E-state index contributed by atoms with van der Waals surface area (Å²) in [6.45, 7) is 2.01. The first kappa shape index (κ1) is 9.00. The van der Waals surface area contributed by atoms with Crippen molar-refractivity contribution in [2.45, 2.75) is 31.4 Å². The van der Waals surface area contributed by atoms with Gasteiger partial charge in [-0.2, -0.15) is 0 Å². The molecule has 0 aliphatic heterocycles. The Morgan fingerprint density at radius 1 is 1.36 bits per heavy atom. The number of sulfonamides is 1. The quantitative estimate of drug-likeness (QED) is 0.675. The van der Waals surface area contributed by atoms with Crippen molar-refractivity contribution >= 4 is 10.0 Å². The van der Waals surface area contributed by atoms with Gasteiger partial charge in [0.1, 0.15) is 0 Å². The van der Waals surface area contributed by atoms with E-state index in [1.54, 1.807) is 0 Å². The van der Waals surface area contributed by atoms with Crippen molar-refractivity contribution in [2.24, 2.45) is 5.92 Å². The molecule has 66 valence electrons. The summed E-state index contributed by atoms with van der Waals surface area (Å²) < 4.78 is 25.0. The minimum absolute atomic E-state index is 0.146. The molecule has 1 rings (SSSR count). The van der Waals surface area contributed by atoms with Gasteiger partial charge in [-0.1, -0.05) is 13.3 Å². The second-order valence-corrected chi connectivity index (χ2v) is 5.30. The first-order chi connectivity index (χ1) is 5.08. The maximum absolute atomic E-state index is 11.3. The fourth-order valence-corrected chi connectivity index (χ4v) is 3.25. The van der Waals surface area contributed by atoms with Gasteiger partial charge >= 0.3 is 0 Å². The lowest BCUT2D eigenvalue weighted by Crippen LogP contribution is -2.33. The summed E-state index contributed by atoms with van der Waals surface area (Å²) in [4.78, 5) is 0. The van der Waals surface area contributed by atoms with Crippen molar-refractivity contribution in [2.75, 3.05) is 7.05 Å². The Morgan fingerprint density at radius 2 is 2.00 bits per heavy atom. The molecule has 2 atom stereocenters. The Kier molecular flexibility index (Phi) is 2.54. The Hall–Kier alpha value is -0.0900. The van der Waals surface area contributed by atoms with E-state index >= 15 is 0 Å². The molecule has 0 amide bonds. The molecule has 0 radical (unpaired) electrons. The van der Waals surface area contributed by atoms with Crippen LogP contribution in [0.5, 0.6) is 0 Å². The van der Waals surface area contributed by atoms with Crippen LogP contribution in [0.4, 0.5) is 0 Å². The monoisotopic (exact) mass is 177 g/mol. The van der Waals surface area contributed by atoms with Crippen LogP contribution in [0.15, 0.2) is 0 Å². The molecule has 0 aromatic heterocycles. The zero-order chi connectivity index (χ0) is 8.48. The second-order valence-electron chi connectivity index (χ2n) is 3.20. The van der Waals surface area contributed by atoms with Crippen LogP contribution >= 0.6 is 0 Å². The van der Waals surface area contributed by atoms with Gasteiger partial charge in [-0.05, 0) is 25.8 Å². The molecule has 0 aromatic rings. The molecule has 0 heterocycles. The average molecular weight is 177 g/mol.